The van der Waals surface area contributed by atoms with Crippen LogP contribution in [0.15, 0.2) is 109 Å². The van der Waals surface area contributed by atoms with Crippen LogP contribution in [0, 0.1) is 0 Å². The first kappa shape index (κ1) is 33.1. The Hall–Kier alpha value is -1.82. The number of hydrogen-bond donors (Lipinski definition) is 0. The van der Waals surface area contributed by atoms with Crippen molar-refractivity contribution in [3.63, 3.8) is 0 Å². The fourth-order valence-corrected chi connectivity index (χ4v) is 33.2. The van der Waals surface area contributed by atoms with Crippen molar-refractivity contribution in [1.82, 2.24) is 0 Å². The average molecular weight is 655 g/mol. The monoisotopic (exact) mass is 654 g/mol. The summed E-state index contributed by atoms with van der Waals surface area (Å²) in [6.45, 7) is 32.1. The zero-order valence-corrected chi connectivity index (χ0v) is 34.4. The van der Waals surface area contributed by atoms with E-state index in [-0.39, 0.29) is 0 Å². The number of benzene rings is 4. The molecule has 0 unspecified atom stereocenters. The van der Waals surface area contributed by atoms with Crippen molar-refractivity contribution in [3.8, 4) is 0 Å². The Kier molecular flexibility index (Phi) is 9.13. The number of hydrogen-bond acceptors (Lipinski definition) is 0. The zero-order valence-electron chi connectivity index (χ0n) is 28.4. The normalized spacial score (nSPS) is 13.7. The largest absolute Gasteiger partial charge is 0.0791 e. The molecular weight excluding hydrogens is 601 g/mol. The van der Waals surface area contributed by atoms with Crippen LogP contribution >= 0.6 is 0 Å². The van der Waals surface area contributed by atoms with Gasteiger partial charge in [0.2, 0.25) is 0 Å². The average Bonchev–Trinajstić information content (AvgIpc) is 2.98. The van der Waals surface area contributed by atoms with Crippen LogP contribution < -0.4 is 31.1 Å². The Balaban J connectivity index is 1.99. The molecule has 6 heteroatoms. The van der Waals surface area contributed by atoms with Crippen molar-refractivity contribution in [2.75, 3.05) is 0 Å². The summed E-state index contributed by atoms with van der Waals surface area (Å²) in [5.74, 6) is 0. The maximum atomic E-state index is 2.76. The Bertz CT molecular complexity index is 1310. The Morgan fingerprint density at radius 3 is 0.595 bits per heavy atom. The van der Waals surface area contributed by atoms with E-state index in [1.54, 1.807) is 31.1 Å². The molecule has 0 saturated carbocycles. The Morgan fingerprint density at radius 2 is 0.405 bits per heavy atom. The predicted molar refractivity (Wildman–Crippen MR) is 208 cm³/mol. The van der Waals surface area contributed by atoms with Gasteiger partial charge in [-0.25, -0.2) is 0 Å². The van der Waals surface area contributed by atoms with E-state index in [4.69, 9.17) is 0 Å². The van der Waals surface area contributed by atoms with Gasteiger partial charge in [-0.3, -0.25) is 0 Å². The fourth-order valence-electron chi connectivity index (χ4n) is 6.44. The Labute approximate surface area is 263 Å². The van der Waals surface area contributed by atoms with Crippen LogP contribution in [-0.4, -0.2) is 45.5 Å². The second-order valence-corrected chi connectivity index (χ2v) is 61.1. The summed E-state index contributed by atoms with van der Waals surface area (Å²) in [5.41, 5.74) is 0. The highest BCUT2D eigenvalue weighted by Crippen LogP contribution is 2.25. The van der Waals surface area contributed by atoms with Crippen molar-refractivity contribution in [2.45, 2.75) is 78.6 Å². The van der Waals surface area contributed by atoms with E-state index in [1.807, 2.05) is 0 Å². The minimum absolute atomic E-state index is 1.61. The highest BCUT2D eigenvalue weighted by atomic mass is 29.3. The summed E-state index contributed by atoms with van der Waals surface area (Å²) in [6.07, 6.45) is 0. The van der Waals surface area contributed by atoms with Crippen LogP contribution in [-0.2, 0) is 0 Å². The molecule has 0 bridgehead atoms. The molecule has 0 N–H and O–H groups in total. The van der Waals surface area contributed by atoms with E-state index < -0.39 is 45.5 Å². The number of rotatable bonds is 9. The van der Waals surface area contributed by atoms with Gasteiger partial charge in [-0.05, 0) is 0 Å². The summed E-state index contributed by atoms with van der Waals surface area (Å²) in [6, 6.07) is 42.8. The maximum absolute atomic E-state index is 2.76. The lowest BCUT2D eigenvalue weighted by molar-refractivity contribution is 1.66. The summed E-state index contributed by atoms with van der Waals surface area (Å²) >= 11 is 0. The lowest BCUT2D eigenvalue weighted by Crippen LogP contribution is -2.74. The molecule has 0 amide bonds. The molecule has 0 aliphatic heterocycles. The van der Waals surface area contributed by atoms with E-state index in [1.165, 1.54) is 0 Å². The van der Waals surface area contributed by atoms with Gasteiger partial charge in [0.05, 0.1) is 45.5 Å². The molecule has 222 valence electrons. The SMILES string of the molecule is C[Si](C)(c1ccccc1)[Si](C)(C)c1cc([Si](C)(C)[Si](C)(C)c2ccccc2)cc([Si](C)(C)[Si](C)(C)c2ccccc2)c1. The molecule has 0 spiro atoms. The van der Waals surface area contributed by atoms with Gasteiger partial charge in [0.1, 0.15) is 0 Å². The molecular formula is C36H54Si6. The van der Waals surface area contributed by atoms with Crippen LogP contribution in [0.5, 0.6) is 0 Å². The van der Waals surface area contributed by atoms with E-state index in [0.29, 0.717) is 0 Å². The van der Waals surface area contributed by atoms with E-state index in [2.05, 4.69) is 188 Å². The van der Waals surface area contributed by atoms with Crippen molar-refractivity contribution in [2.24, 2.45) is 0 Å². The van der Waals surface area contributed by atoms with E-state index in [0.717, 1.165) is 0 Å². The second-order valence-electron chi connectivity index (χ2n) is 15.6. The molecule has 4 aromatic carbocycles. The van der Waals surface area contributed by atoms with Crippen LogP contribution in [0.1, 0.15) is 0 Å². The van der Waals surface area contributed by atoms with Gasteiger partial charge in [0.15, 0.2) is 0 Å². The molecule has 0 aliphatic carbocycles. The van der Waals surface area contributed by atoms with Gasteiger partial charge in [-0.1, -0.05) is 219 Å². The lowest BCUT2D eigenvalue weighted by Gasteiger charge is -2.45. The third-order valence-electron chi connectivity index (χ3n) is 12.3. The molecule has 0 aliphatic rings. The van der Waals surface area contributed by atoms with Gasteiger partial charge >= 0.3 is 0 Å². The van der Waals surface area contributed by atoms with Gasteiger partial charge in [-0.2, -0.15) is 0 Å². The summed E-state index contributed by atoms with van der Waals surface area (Å²) in [4.78, 5) is 0. The first-order valence-corrected chi connectivity index (χ1v) is 36.7. The highest BCUT2D eigenvalue weighted by molar-refractivity contribution is 7.52. The minimum atomic E-state index is -1.83. The van der Waals surface area contributed by atoms with Crippen LogP contribution in [0.4, 0.5) is 0 Å². The molecule has 0 nitrogen and oxygen atoms in total. The molecule has 0 heterocycles. The van der Waals surface area contributed by atoms with Gasteiger partial charge in [-0.15, -0.1) is 0 Å². The topological polar surface area (TPSA) is 0 Å². The minimum Gasteiger partial charge on any atom is -0.0671 e. The maximum Gasteiger partial charge on any atom is 0.0791 e. The molecule has 4 aromatic rings. The van der Waals surface area contributed by atoms with Crippen LogP contribution in [0.2, 0.25) is 78.6 Å². The lowest BCUT2D eigenvalue weighted by atomic mass is 10.3. The third kappa shape index (κ3) is 5.59. The zero-order chi connectivity index (χ0) is 31.2. The summed E-state index contributed by atoms with van der Waals surface area (Å²) < 4.78 is 0. The molecule has 4 rings (SSSR count). The third-order valence-corrected chi connectivity index (χ3v) is 65.5. The van der Waals surface area contributed by atoms with Gasteiger partial charge < -0.3 is 0 Å². The van der Waals surface area contributed by atoms with Gasteiger partial charge in [0, 0.05) is 0 Å². The summed E-state index contributed by atoms with van der Waals surface area (Å²) in [7, 11) is -10.7. The summed E-state index contributed by atoms with van der Waals surface area (Å²) in [5, 5.41) is 9.98. The van der Waals surface area contributed by atoms with Crippen LogP contribution in [0.25, 0.3) is 0 Å². The fraction of sp³-hybridized carbons (Fsp3) is 0.333. The van der Waals surface area contributed by atoms with Crippen molar-refractivity contribution in [1.29, 1.82) is 0 Å². The molecule has 0 atom stereocenters. The smallest absolute Gasteiger partial charge is 0.0671 e. The van der Waals surface area contributed by atoms with E-state index >= 15 is 0 Å². The first-order chi connectivity index (χ1) is 19.4. The van der Waals surface area contributed by atoms with Crippen molar-refractivity contribution in [3.05, 3.63) is 109 Å². The van der Waals surface area contributed by atoms with Gasteiger partial charge in [0.25, 0.3) is 0 Å². The molecule has 42 heavy (non-hydrogen) atoms. The molecule has 0 radical (unpaired) electrons. The molecule has 0 fully saturated rings. The molecule has 0 saturated heterocycles. The quantitative estimate of drug-likeness (QED) is 0.181. The Morgan fingerprint density at radius 1 is 0.238 bits per heavy atom. The molecule has 0 aromatic heterocycles. The van der Waals surface area contributed by atoms with Crippen molar-refractivity contribution < 1.29 is 0 Å². The van der Waals surface area contributed by atoms with Crippen LogP contribution in [0.3, 0.4) is 0 Å². The highest BCUT2D eigenvalue weighted by Gasteiger charge is 2.49. The standard InChI is InChI=1S/C36H54Si6/c1-37(2,31-22-16-13-17-23-31)40(7,8)34-28-35(41(9,10)38(3,4)32-24-18-14-19-25-32)30-36(29-34)42(11,12)39(5,6)33-26-20-15-21-27-33/h13-30H,1-12H3. The first-order valence-electron chi connectivity index (χ1n) is 15.7. The van der Waals surface area contributed by atoms with Crippen molar-refractivity contribution >= 4 is 76.7 Å². The second kappa shape index (κ2) is 11.6. The predicted octanol–water partition coefficient (Wildman–Crippen LogP) is 6.51. The van der Waals surface area contributed by atoms with E-state index in [9.17, 15) is 0 Å².